The Hall–Kier alpha value is -0.863. The van der Waals surface area contributed by atoms with Gasteiger partial charge in [0.05, 0.1) is 0 Å². The summed E-state index contributed by atoms with van der Waals surface area (Å²) in [6.07, 6.45) is 0.757. The summed E-state index contributed by atoms with van der Waals surface area (Å²) in [4.78, 5) is 19.9. The normalized spacial score (nSPS) is 8.33. The summed E-state index contributed by atoms with van der Waals surface area (Å²) in [6.45, 7) is 3.69. The maximum Gasteiger partial charge on any atom is 0.328 e. The van der Waals surface area contributed by atoms with Crippen LogP contribution in [0.25, 0.3) is 0 Å². The highest BCUT2D eigenvalue weighted by Gasteiger charge is 2.00. The first-order valence-electron chi connectivity index (χ1n) is 2.58. The highest BCUT2D eigenvalue weighted by molar-refractivity contribution is 6.50. The van der Waals surface area contributed by atoms with Gasteiger partial charge in [-0.25, -0.2) is 9.59 Å². The van der Waals surface area contributed by atoms with Gasteiger partial charge in [-0.2, -0.15) is 0 Å². The van der Waals surface area contributed by atoms with E-state index >= 15 is 0 Å². The molecule has 4 heteroatoms. The standard InChI is InChI=1S/C5H8O3Si/c1-9(2)8-5(7)3-4-6/h3,9H,1-2H3. The monoisotopic (exact) mass is 144 g/mol. The number of carbonyl (C=O) groups is 1. The molecule has 0 rings (SSSR count). The Morgan fingerprint density at radius 2 is 2.22 bits per heavy atom. The molecule has 0 unspecified atom stereocenters. The molecule has 50 valence electrons. The Balaban J connectivity index is 3.64. The van der Waals surface area contributed by atoms with Crippen LogP contribution in [0.15, 0.2) is 6.08 Å². The highest BCUT2D eigenvalue weighted by atomic mass is 28.3. The van der Waals surface area contributed by atoms with Crippen LogP contribution >= 0.6 is 0 Å². The Morgan fingerprint density at radius 3 is 2.56 bits per heavy atom. The van der Waals surface area contributed by atoms with E-state index in [-0.39, 0.29) is 0 Å². The predicted octanol–water partition coefficient (Wildman–Crippen LogP) is -0.0992. The summed E-state index contributed by atoms with van der Waals surface area (Å²) < 4.78 is 4.67. The lowest BCUT2D eigenvalue weighted by Gasteiger charge is -2.00. The number of rotatable bonds is 2. The van der Waals surface area contributed by atoms with E-state index in [2.05, 4.69) is 4.43 Å². The minimum absolute atomic E-state index is 0.577. The van der Waals surface area contributed by atoms with Gasteiger partial charge in [-0.1, -0.05) is 0 Å². The molecule has 0 amide bonds. The second-order valence-corrected chi connectivity index (χ2v) is 4.08. The van der Waals surface area contributed by atoms with E-state index in [0.717, 1.165) is 6.08 Å². The second-order valence-electron chi connectivity index (χ2n) is 1.75. The van der Waals surface area contributed by atoms with Crippen LogP contribution in [-0.2, 0) is 14.0 Å². The van der Waals surface area contributed by atoms with Crippen molar-refractivity contribution in [2.75, 3.05) is 0 Å². The van der Waals surface area contributed by atoms with Gasteiger partial charge in [0.15, 0.2) is 0 Å². The molecule has 0 saturated carbocycles. The average Bonchev–Trinajstić information content (AvgIpc) is 1.63. The van der Waals surface area contributed by atoms with Gasteiger partial charge < -0.3 is 4.43 Å². The Kier molecular flexibility index (Phi) is 3.67. The van der Waals surface area contributed by atoms with E-state index in [9.17, 15) is 9.59 Å². The van der Waals surface area contributed by atoms with Crippen LogP contribution in [-0.4, -0.2) is 21.0 Å². The molecule has 0 aliphatic rings. The first-order chi connectivity index (χ1) is 4.16. The van der Waals surface area contributed by atoms with Gasteiger partial charge in [-0.15, -0.1) is 0 Å². The molecule has 0 aromatic heterocycles. The van der Waals surface area contributed by atoms with Gasteiger partial charge in [0.1, 0.15) is 12.0 Å². The van der Waals surface area contributed by atoms with Crippen LogP contribution in [0.4, 0.5) is 0 Å². The van der Waals surface area contributed by atoms with Gasteiger partial charge in [0.25, 0.3) is 0 Å². The molecule has 0 aromatic rings. The zero-order chi connectivity index (χ0) is 7.28. The van der Waals surface area contributed by atoms with E-state index in [1.165, 1.54) is 5.94 Å². The maximum atomic E-state index is 10.3. The predicted molar refractivity (Wildman–Crippen MR) is 35.2 cm³/mol. The van der Waals surface area contributed by atoms with E-state index < -0.39 is 15.0 Å². The summed E-state index contributed by atoms with van der Waals surface area (Å²) in [6, 6.07) is 0. The first kappa shape index (κ1) is 8.14. The van der Waals surface area contributed by atoms with Gasteiger partial charge in [-0.3, -0.25) is 0 Å². The lowest BCUT2D eigenvalue weighted by Crippen LogP contribution is -2.12. The third-order valence-electron chi connectivity index (χ3n) is 0.529. The molecular formula is C5H8O3Si. The third-order valence-corrected chi connectivity index (χ3v) is 1.23. The molecule has 0 spiro atoms. The van der Waals surface area contributed by atoms with Crippen molar-refractivity contribution in [3.63, 3.8) is 0 Å². The van der Waals surface area contributed by atoms with Crippen molar-refractivity contribution in [1.82, 2.24) is 0 Å². The smallest absolute Gasteiger partial charge is 0.328 e. The quantitative estimate of drug-likeness (QED) is 0.309. The zero-order valence-corrected chi connectivity index (χ0v) is 6.53. The fourth-order valence-electron chi connectivity index (χ4n) is 0.314. The van der Waals surface area contributed by atoms with E-state index in [1.807, 2.05) is 13.1 Å². The van der Waals surface area contributed by atoms with Gasteiger partial charge in [0, 0.05) is 0 Å². The van der Waals surface area contributed by atoms with Crippen molar-refractivity contribution < 1.29 is 14.0 Å². The van der Waals surface area contributed by atoms with E-state index in [4.69, 9.17) is 0 Å². The molecule has 0 heterocycles. The summed E-state index contributed by atoms with van der Waals surface area (Å²) in [5.74, 6) is 0.768. The van der Waals surface area contributed by atoms with Crippen molar-refractivity contribution in [2.24, 2.45) is 0 Å². The van der Waals surface area contributed by atoms with Crippen LogP contribution in [0, 0.1) is 0 Å². The minimum atomic E-state index is -1.32. The van der Waals surface area contributed by atoms with E-state index in [1.54, 1.807) is 0 Å². The summed E-state index contributed by atoms with van der Waals surface area (Å²) in [7, 11) is -1.32. The molecule has 0 aromatic carbocycles. The molecular weight excluding hydrogens is 136 g/mol. The molecule has 0 aliphatic heterocycles. The molecule has 9 heavy (non-hydrogen) atoms. The van der Waals surface area contributed by atoms with Crippen molar-refractivity contribution in [1.29, 1.82) is 0 Å². The fourth-order valence-corrected chi connectivity index (χ4v) is 0.847. The Bertz CT molecular complexity index is 146. The molecule has 0 atom stereocenters. The van der Waals surface area contributed by atoms with Gasteiger partial charge in [0.2, 0.25) is 9.04 Å². The van der Waals surface area contributed by atoms with Crippen molar-refractivity contribution in [3.8, 4) is 0 Å². The SMILES string of the molecule is C[SiH](C)OC(=O)C=C=O. The largest absolute Gasteiger partial charge is 0.519 e. The van der Waals surface area contributed by atoms with Crippen molar-refractivity contribution in [2.45, 2.75) is 13.1 Å². The summed E-state index contributed by atoms with van der Waals surface area (Å²) in [5.41, 5.74) is 0. The Labute approximate surface area is 55.0 Å². The van der Waals surface area contributed by atoms with Crippen molar-refractivity contribution >= 4 is 21.0 Å². The molecule has 0 fully saturated rings. The molecule has 0 N–H and O–H groups in total. The fraction of sp³-hybridized carbons (Fsp3) is 0.400. The molecule has 3 nitrogen and oxygen atoms in total. The Morgan fingerprint density at radius 1 is 1.67 bits per heavy atom. The van der Waals surface area contributed by atoms with Crippen molar-refractivity contribution in [3.05, 3.63) is 6.08 Å². The molecule has 0 bridgehead atoms. The second kappa shape index (κ2) is 4.06. The maximum absolute atomic E-state index is 10.3. The van der Waals surface area contributed by atoms with Crippen LogP contribution in [0.1, 0.15) is 0 Å². The average molecular weight is 144 g/mol. The molecule has 0 aliphatic carbocycles. The lowest BCUT2D eigenvalue weighted by molar-refractivity contribution is -0.129. The zero-order valence-electron chi connectivity index (χ0n) is 5.38. The molecule has 0 radical (unpaired) electrons. The summed E-state index contributed by atoms with van der Waals surface area (Å²) >= 11 is 0. The number of hydrogen-bond acceptors (Lipinski definition) is 3. The van der Waals surface area contributed by atoms with Gasteiger partial charge in [-0.05, 0) is 13.1 Å². The van der Waals surface area contributed by atoms with Crippen LogP contribution in [0.3, 0.4) is 0 Å². The summed E-state index contributed by atoms with van der Waals surface area (Å²) in [5, 5.41) is 0. The molecule has 0 saturated heterocycles. The first-order valence-corrected chi connectivity index (χ1v) is 5.36. The van der Waals surface area contributed by atoms with Crippen LogP contribution in [0.5, 0.6) is 0 Å². The van der Waals surface area contributed by atoms with Gasteiger partial charge >= 0.3 is 5.97 Å². The number of carbonyl (C=O) groups excluding carboxylic acids is 2. The minimum Gasteiger partial charge on any atom is -0.519 e. The topological polar surface area (TPSA) is 43.4 Å². The van der Waals surface area contributed by atoms with E-state index in [0.29, 0.717) is 0 Å². The van der Waals surface area contributed by atoms with Crippen LogP contribution in [0.2, 0.25) is 13.1 Å². The number of hydrogen-bond donors (Lipinski definition) is 0. The van der Waals surface area contributed by atoms with Crippen LogP contribution < -0.4 is 0 Å². The third kappa shape index (κ3) is 5.00. The highest BCUT2D eigenvalue weighted by Crippen LogP contribution is 1.83. The lowest BCUT2D eigenvalue weighted by atomic mass is 10.7.